The Kier molecular flexibility index (Phi) is 43.2. The first kappa shape index (κ1) is 61.9. The highest BCUT2D eigenvalue weighted by molar-refractivity contribution is 7.47. The zero-order valence-corrected chi connectivity index (χ0v) is 41.3. The van der Waals surface area contributed by atoms with Gasteiger partial charge in [0, 0.05) is 12.8 Å². The van der Waals surface area contributed by atoms with E-state index >= 15 is 0 Å². The van der Waals surface area contributed by atoms with Crippen LogP contribution in [-0.4, -0.2) is 88.1 Å². The van der Waals surface area contributed by atoms with Crippen LogP contribution in [0.3, 0.4) is 0 Å². The highest BCUT2D eigenvalue weighted by Gasteiger charge is 2.27. The molecule has 12 nitrogen and oxygen atoms in total. The predicted octanol–water partition coefficient (Wildman–Crippen LogP) is 11.9. The molecule has 0 aliphatic carbocycles. The van der Waals surface area contributed by atoms with Gasteiger partial charge in [0.15, 0.2) is 6.10 Å². The number of carbonyl (C=O) groups is 2. The summed E-state index contributed by atoms with van der Waals surface area (Å²) in [6, 6.07) is 0. The van der Waals surface area contributed by atoms with Gasteiger partial charge in [-0.1, -0.05) is 211 Å². The maximum Gasteiger partial charge on any atom is 0.472 e. The van der Waals surface area contributed by atoms with Gasteiger partial charge >= 0.3 is 19.8 Å². The molecule has 5 N–H and O–H groups in total. The molecule has 0 aliphatic rings. The van der Waals surface area contributed by atoms with E-state index in [0.717, 1.165) is 50.9 Å². The van der Waals surface area contributed by atoms with Crippen LogP contribution in [0, 0.1) is 5.92 Å². The molecular formula is C51H93O12P. The smallest absolute Gasteiger partial charge is 0.462 e. The third kappa shape index (κ3) is 43.7. The minimum absolute atomic E-state index is 0.0637. The lowest BCUT2D eigenvalue weighted by Gasteiger charge is -2.20. The highest BCUT2D eigenvalue weighted by atomic mass is 31.2. The molecule has 0 fully saturated rings. The van der Waals surface area contributed by atoms with Gasteiger partial charge in [-0.15, -0.1) is 0 Å². The fraction of sp³-hybridized carbons (Fsp3) is 0.804. The van der Waals surface area contributed by atoms with E-state index < -0.39 is 70.6 Å². The van der Waals surface area contributed by atoms with E-state index in [4.69, 9.17) is 19.1 Å². The van der Waals surface area contributed by atoms with Gasteiger partial charge in [-0.2, -0.15) is 0 Å². The van der Waals surface area contributed by atoms with E-state index in [1.165, 1.54) is 103 Å². The molecule has 0 radical (unpaired) electrons. The largest absolute Gasteiger partial charge is 0.472 e. The minimum Gasteiger partial charge on any atom is -0.462 e. The summed E-state index contributed by atoms with van der Waals surface area (Å²) < 4.78 is 32.7. The number of unbranched alkanes of at least 4 members (excludes halogenated alkanes) is 19. The molecule has 374 valence electrons. The Balaban J connectivity index is 4.36. The number of aliphatic hydroxyl groups is 4. The highest BCUT2D eigenvalue weighted by Crippen LogP contribution is 2.43. The Bertz CT molecular complexity index is 1250. The lowest BCUT2D eigenvalue weighted by molar-refractivity contribution is -0.161. The molecule has 2 unspecified atom stereocenters. The van der Waals surface area contributed by atoms with Gasteiger partial charge in [-0.05, 0) is 38.0 Å². The number of hydrogen-bond donors (Lipinski definition) is 5. The zero-order chi connectivity index (χ0) is 47.4. The molecule has 0 spiro atoms. The molecule has 0 aromatic carbocycles. The van der Waals surface area contributed by atoms with Gasteiger partial charge in [0.05, 0.1) is 32.0 Å². The summed E-state index contributed by atoms with van der Waals surface area (Å²) in [4.78, 5) is 35.2. The third-order valence-corrected chi connectivity index (χ3v) is 12.2. The van der Waals surface area contributed by atoms with Crippen LogP contribution in [0.2, 0.25) is 0 Å². The first-order valence-electron chi connectivity index (χ1n) is 25.2. The Hall–Kier alpha value is -2.15. The second-order valence-electron chi connectivity index (χ2n) is 17.5. The van der Waals surface area contributed by atoms with Crippen LogP contribution in [0.1, 0.15) is 207 Å². The van der Waals surface area contributed by atoms with Crippen molar-refractivity contribution in [2.45, 2.75) is 231 Å². The maximum atomic E-state index is 12.7. The average molecular weight is 929 g/mol. The first-order valence-corrected chi connectivity index (χ1v) is 26.7. The molecule has 0 amide bonds. The number of carbonyl (C=O) groups excluding carboxylic acids is 2. The van der Waals surface area contributed by atoms with E-state index in [-0.39, 0.29) is 19.3 Å². The molecule has 0 saturated heterocycles. The monoisotopic (exact) mass is 929 g/mol. The average Bonchev–Trinajstić information content (AvgIpc) is 3.27. The van der Waals surface area contributed by atoms with Crippen LogP contribution in [-0.2, 0) is 32.7 Å². The lowest BCUT2D eigenvalue weighted by atomic mass is 9.99. The second kappa shape index (κ2) is 44.7. The van der Waals surface area contributed by atoms with Gasteiger partial charge in [0.1, 0.15) is 12.7 Å². The van der Waals surface area contributed by atoms with Crippen molar-refractivity contribution in [3.05, 3.63) is 48.6 Å². The van der Waals surface area contributed by atoms with Crippen molar-refractivity contribution in [1.29, 1.82) is 0 Å². The van der Waals surface area contributed by atoms with Crippen molar-refractivity contribution < 1.29 is 58.0 Å². The molecule has 0 rings (SSSR count). The van der Waals surface area contributed by atoms with Gasteiger partial charge in [-0.3, -0.25) is 18.6 Å². The van der Waals surface area contributed by atoms with Gasteiger partial charge < -0.3 is 34.8 Å². The standard InChI is InChI=1S/C51H93O12P/c1-4-6-28-35-46(53)36-30-25-21-19-22-26-31-37-47(54)38-33-40-51(57)63-49(44-62-64(58,59)61-42-48(55)41-52)43-60-50(56)39-32-27-23-18-16-14-12-10-8-7-9-11-13-15-17-20-24-29-34-45(3)5-2/h21-22,25-26,30-31,36-37,45-49,52-55H,4-20,23-24,27-29,32-35,38-44H2,1-3H3,(H,58,59)/b25-21-,26-22-,36-30+,37-31+/t45?,46-,47-,48+,49-/m1/s1. The molecule has 0 bridgehead atoms. The number of allylic oxidation sites excluding steroid dienone is 6. The third-order valence-electron chi connectivity index (χ3n) is 11.2. The SMILES string of the molecule is CCCCC[C@@H](O)/C=C/C=C\C/C=C\C=C\[C@@H](O)CCCC(=O)O[C@H](COC(=O)CCCCCCCCCCCCCCCCCCCCC(C)CC)COP(=O)(O)OC[C@@H](O)CO. The summed E-state index contributed by atoms with van der Waals surface area (Å²) in [7, 11) is -4.69. The maximum absolute atomic E-state index is 12.7. The van der Waals surface area contributed by atoms with E-state index in [1.54, 1.807) is 18.2 Å². The van der Waals surface area contributed by atoms with Crippen molar-refractivity contribution in [1.82, 2.24) is 0 Å². The van der Waals surface area contributed by atoms with E-state index in [1.807, 2.05) is 30.4 Å². The van der Waals surface area contributed by atoms with Crippen molar-refractivity contribution in [3.8, 4) is 0 Å². The van der Waals surface area contributed by atoms with Crippen molar-refractivity contribution in [2.75, 3.05) is 26.4 Å². The van der Waals surface area contributed by atoms with Crippen molar-refractivity contribution >= 4 is 19.8 Å². The number of esters is 2. The first-order chi connectivity index (χ1) is 30.9. The topological polar surface area (TPSA) is 189 Å². The molecule has 0 aliphatic heterocycles. The number of aliphatic hydroxyl groups excluding tert-OH is 4. The Morgan fingerprint density at radius 1 is 0.562 bits per heavy atom. The summed E-state index contributed by atoms with van der Waals surface area (Å²) >= 11 is 0. The van der Waals surface area contributed by atoms with Crippen LogP contribution in [0.5, 0.6) is 0 Å². The Morgan fingerprint density at radius 2 is 1.02 bits per heavy atom. The van der Waals surface area contributed by atoms with Crippen LogP contribution in [0.4, 0.5) is 0 Å². The fourth-order valence-electron chi connectivity index (χ4n) is 6.89. The Morgan fingerprint density at radius 3 is 1.52 bits per heavy atom. The summed E-state index contributed by atoms with van der Waals surface area (Å²) in [6.07, 6.45) is 41.4. The van der Waals surface area contributed by atoms with E-state index in [0.29, 0.717) is 19.3 Å². The van der Waals surface area contributed by atoms with Crippen LogP contribution in [0.25, 0.3) is 0 Å². The number of ether oxygens (including phenoxy) is 2. The van der Waals surface area contributed by atoms with Gasteiger partial charge in [0.2, 0.25) is 0 Å². The number of rotatable bonds is 46. The number of phosphoric ester groups is 1. The molecule has 0 heterocycles. The molecule has 0 saturated carbocycles. The summed E-state index contributed by atoms with van der Waals surface area (Å²) in [5.74, 6) is -0.262. The van der Waals surface area contributed by atoms with E-state index in [9.17, 15) is 34.4 Å². The molecule has 0 aromatic rings. The van der Waals surface area contributed by atoms with Crippen molar-refractivity contribution in [2.24, 2.45) is 5.92 Å². The minimum atomic E-state index is -4.69. The molecule has 64 heavy (non-hydrogen) atoms. The van der Waals surface area contributed by atoms with Crippen LogP contribution < -0.4 is 0 Å². The van der Waals surface area contributed by atoms with E-state index in [2.05, 4.69) is 25.3 Å². The fourth-order valence-corrected chi connectivity index (χ4v) is 7.68. The second-order valence-corrected chi connectivity index (χ2v) is 18.9. The summed E-state index contributed by atoms with van der Waals surface area (Å²) in [6.45, 7) is 4.43. The zero-order valence-electron chi connectivity index (χ0n) is 40.4. The molecule has 0 aromatic heterocycles. The molecule has 13 heteroatoms. The van der Waals surface area contributed by atoms with Crippen molar-refractivity contribution in [3.63, 3.8) is 0 Å². The van der Waals surface area contributed by atoms with Gasteiger partial charge in [-0.25, -0.2) is 4.57 Å². The summed E-state index contributed by atoms with van der Waals surface area (Å²) in [5, 5.41) is 38.6. The molecular weight excluding hydrogens is 836 g/mol. The Labute approximate surface area is 389 Å². The molecule has 6 atom stereocenters. The summed E-state index contributed by atoms with van der Waals surface area (Å²) in [5.41, 5.74) is 0. The van der Waals surface area contributed by atoms with Gasteiger partial charge in [0.25, 0.3) is 0 Å². The quantitative estimate of drug-likeness (QED) is 0.0168. The lowest BCUT2D eigenvalue weighted by Crippen LogP contribution is -2.30. The van der Waals surface area contributed by atoms with Crippen LogP contribution >= 0.6 is 7.82 Å². The number of hydrogen-bond acceptors (Lipinski definition) is 11. The number of phosphoric acid groups is 1. The normalized spacial score (nSPS) is 15.6. The van der Waals surface area contributed by atoms with Crippen LogP contribution in [0.15, 0.2) is 48.6 Å². The predicted molar refractivity (Wildman–Crippen MR) is 259 cm³/mol.